The molecule has 138 valence electrons. The summed E-state index contributed by atoms with van der Waals surface area (Å²) in [6.07, 6.45) is 0. The number of benzene rings is 1. The van der Waals surface area contributed by atoms with Gasteiger partial charge in [-0.25, -0.2) is 0 Å². The van der Waals surface area contributed by atoms with Gasteiger partial charge in [-0.3, -0.25) is 0 Å². The maximum atomic E-state index is 4.43. The smallest absolute Gasteiger partial charge is 0.129 e. The Hall–Kier alpha value is -2.20. The van der Waals surface area contributed by atoms with Gasteiger partial charge in [-0.2, -0.15) is 5.10 Å². The van der Waals surface area contributed by atoms with Crippen LogP contribution in [-0.4, -0.2) is 19.1 Å². The van der Waals surface area contributed by atoms with Gasteiger partial charge in [-0.05, 0) is 50.3 Å². The van der Waals surface area contributed by atoms with Gasteiger partial charge in [0.2, 0.25) is 0 Å². The molecule has 0 spiro atoms. The number of anilines is 1. The van der Waals surface area contributed by atoms with Crippen molar-refractivity contribution in [2.45, 2.75) is 41.5 Å². The second-order valence-corrected chi connectivity index (χ2v) is 8.30. The van der Waals surface area contributed by atoms with Gasteiger partial charge in [0, 0.05) is 23.7 Å². The average Bonchev–Trinajstić information content (AvgIpc) is 2.87. The molecule has 0 unspecified atom stereocenters. The van der Waals surface area contributed by atoms with Gasteiger partial charge in [0.05, 0.1) is 0 Å². The Balaban J connectivity index is 2.60. The minimum absolute atomic E-state index is 0.494. The van der Waals surface area contributed by atoms with E-state index < -0.39 is 0 Å². The Bertz CT molecular complexity index is 826. The van der Waals surface area contributed by atoms with E-state index in [1.54, 1.807) is 11.3 Å². The zero-order valence-corrected chi connectivity index (χ0v) is 17.6. The molecule has 2 rings (SSSR count). The number of amidine groups is 1. The molecule has 0 saturated carbocycles. The van der Waals surface area contributed by atoms with E-state index in [1.165, 1.54) is 26.6 Å². The van der Waals surface area contributed by atoms with Crippen LogP contribution < -0.4 is 4.90 Å². The van der Waals surface area contributed by atoms with Crippen LogP contribution >= 0.6 is 11.3 Å². The molecule has 1 aromatic carbocycles. The van der Waals surface area contributed by atoms with Crippen molar-refractivity contribution in [3.05, 3.63) is 58.0 Å². The van der Waals surface area contributed by atoms with Crippen LogP contribution in [0.5, 0.6) is 0 Å². The normalized spacial score (nSPS) is 11.7. The maximum absolute atomic E-state index is 4.43. The number of hydrogen-bond acceptors (Lipinski definition) is 3. The minimum atomic E-state index is 0.494. The molecular formula is C22H29N3S. The van der Waals surface area contributed by atoms with Gasteiger partial charge >= 0.3 is 0 Å². The molecule has 3 nitrogen and oxygen atoms in total. The molecule has 4 heteroatoms. The first-order valence-corrected chi connectivity index (χ1v) is 9.72. The number of nitrogens with zero attached hydrogens (tertiary/aromatic N) is 3. The van der Waals surface area contributed by atoms with Crippen molar-refractivity contribution in [2.75, 3.05) is 11.4 Å². The summed E-state index contributed by atoms with van der Waals surface area (Å²) in [5, 5.41) is 9.14. The summed E-state index contributed by atoms with van der Waals surface area (Å²) >= 11 is 1.79. The highest BCUT2D eigenvalue weighted by Gasteiger charge is 2.23. The lowest BCUT2D eigenvalue weighted by Crippen LogP contribution is -2.32. The van der Waals surface area contributed by atoms with Gasteiger partial charge in [0.1, 0.15) is 10.8 Å². The fraction of sp³-hybridized carbons (Fsp3) is 0.364. The molecular weight excluding hydrogens is 338 g/mol. The second kappa shape index (κ2) is 8.45. The summed E-state index contributed by atoms with van der Waals surface area (Å²) in [6, 6.07) is 8.56. The highest BCUT2D eigenvalue weighted by atomic mass is 32.1. The van der Waals surface area contributed by atoms with Crippen LogP contribution in [0.25, 0.3) is 5.57 Å². The van der Waals surface area contributed by atoms with Crippen LogP contribution in [0.15, 0.2) is 41.0 Å². The summed E-state index contributed by atoms with van der Waals surface area (Å²) in [7, 11) is 0. The fourth-order valence-corrected chi connectivity index (χ4v) is 4.18. The first kappa shape index (κ1) is 20.1. The summed E-state index contributed by atoms with van der Waals surface area (Å²) in [6.45, 7) is 21.7. The van der Waals surface area contributed by atoms with E-state index >= 15 is 0 Å². The third kappa shape index (κ3) is 4.31. The van der Waals surface area contributed by atoms with E-state index in [0.717, 1.165) is 23.5 Å². The van der Waals surface area contributed by atoms with Crippen molar-refractivity contribution in [2.24, 2.45) is 16.1 Å². The molecule has 0 aliphatic rings. The van der Waals surface area contributed by atoms with Crippen LogP contribution in [0, 0.1) is 26.7 Å². The molecule has 26 heavy (non-hydrogen) atoms. The minimum Gasteiger partial charge on any atom is -0.319 e. The maximum Gasteiger partial charge on any atom is 0.129 e. The molecule has 1 aromatic heterocycles. The third-order valence-electron chi connectivity index (χ3n) is 4.47. The number of thiophene rings is 1. The molecule has 0 aliphatic heterocycles. The van der Waals surface area contributed by atoms with Gasteiger partial charge in [-0.1, -0.05) is 50.3 Å². The van der Waals surface area contributed by atoms with Crippen LogP contribution in [0.3, 0.4) is 0 Å². The van der Waals surface area contributed by atoms with Crippen LogP contribution in [0.2, 0.25) is 0 Å². The molecule has 0 radical (unpaired) electrons. The van der Waals surface area contributed by atoms with Crippen molar-refractivity contribution in [1.29, 1.82) is 0 Å². The Morgan fingerprint density at radius 2 is 1.77 bits per heavy atom. The van der Waals surface area contributed by atoms with Crippen molar-refractivity contribution in [3.63, 3.8) is 0 Å². The van der Waals surface area contributed by atoms with E-state index in [-0.39, 0.29) is 0 Å². The zero-order valence-electron chi connectivity index (χ0n) is 16.8. The summed E-state index contributed by atoms with van der Waals surface area (Å²) in [5.41, 5.74) is 5.94. The average molecular weight is 368 g/mol. The fourth-order valence-electron chi connectivity index (χ4n) is 2.94. The van der Waals surface area contributed by atoms with Gasteiger partial charge in [-0.15, -0.1) is 16.4 Å². The van der Waals surface area contributed by atoms with Crippen LogP contribution in [0.4, 0.5) is 5.00 Å². The predicted octanol–water partition coefficient (Wildman–Crippen LogP) is 6.23. The first-order valence-electron chi connectivity index (χ1n) is 8.90. The quantitative estimate of drug-likeness (QED) is 0.338. The predicted molar refractivity (Wildman–Crippen MR) is 118 cm³/mol. The lowest BCUT2D eigenvalue weighted by Gasteiger charge is -2.26. The molecule has 0 fully saturated rings. The number of aryl methyl sites for hydroxylation is 2. The highest BCUT2D eigenvalue weighted by Crippen LogP contribution is 2.42. The van der Waals surface area contributed by atoms with Crippen LogP contribution in [0.1, 0.15) is 47.9 Å². The molecule has 0 aliphatic carbocycles. The monoisotopic (exact) mass is 367 g/mol. The standard InChI is InChI=1S/C22H29N3S/c1-14(2)13-25(19(7)24-23-8)22-21(16(4)18(6)26-22)17(5)20-11-9-15(3)10-12-20/h9-12,14H,5,8,13H2,1-4,6-7H3/b24-19-. The number of rotatable bonds is 6. The summed E-state index contributed by atoms with van der Waals surface area (Å²) in [4.78, 5) is 3.55. The Morgan fingerprint density at radius 1 is 1.15 bits per heavy atom. The lowest BCUT2D eigenvalue weighted by atomic mass is 9.96. The second-order valence-electron chi connectivity index (χ2n) is 7.10. The first-order chi connectivity index (χ1) is 12.3. The van der Waals surface area contributed by atoms with Crippen LogP contribution in [-0.2, 0) is 0 Å². The van der Waals surface area contributed by atoms with E-state index in [2.05, 4.69) is 87.3 Å². The summed E-state index contributed by atoms with van der Waals surface area (Å²) < 4.78 is 0. The topological polar surface area (TPSA) is 28.0 Å². The van der Waals surface area contributed by atoms with E-state index in [4.69, 9.17) is 0 Å². The largest absolute Gasteiger partial charge is 0.319 e. The highest BCUT2D eigenvalue weighted by molar-refractivity contribution is 7.16. The van der Waals surface area contributed by atoms with E-state index in [9.17, 15) is 0 Å². The molecule has 0 atom stereocenters. The lowest BCUT2D eigenvalue weighted by molar-refractivity contribution is 0.658. The van der Waals surface area contributed by atoms with Crippen molar-refractivity contribution >= 4 is 34.5 Å². The van der Waals surface area contributed by atoms with Gasteiger partial charge < -0.3 is 4.90 Å². The molecule has 0 amide bonds. The number of hydrogen-bond donors (Lipinski definition) is 0. The molecule has 1 heterocycles. The van der Waals surface area contributed by atoms with Crippen molar-refractivity contribution in [3.8, 4) is 0 Å². The van der Waals surface area contributed by atoms with E-state index in [1.807, 2.05) is 6.92 Å². The zero-order chi connectivity index (χ0) is 19.4. The van der Waals surface area contributed by atoms with Gasteiger partial charge in [0.15, 0.2) is 0 Å². The van der Waals surface area contributed by atoms with Crippen molar-refractivity contribution < 1.29 is 0 Å². The van der Waals surface area contributed by atoms with E-state index in [0.29, 0.717) is 5.92 Å². The summed E-state index contributed by atoms with van der Waals surface area (Å²) in [5.74, 6) is 1.35. The SMILES string of the molecule is C=N/N=C(/C)N(CC(C)C)c1sc(C)c(C)c1C(=C)c1ccc(C)cc1. The Morgan fingerprint density at radius 3 is 2.31 bits per heavy atom. The molecule has 2 aromatic rings. The molecule has 0 N–H and O–H groups in total. The molecule has 0 bridgehead atoms. The molecule has 0 saturated heterocycles. The van der Waals surface area contributed by atoms with Crippen molar-refractivity contribution in [1.82, 2.24) is 0 Å². The Kier molecular flexibility index (Phi) is 6.54. The third-order valence-corrected chi connectivity index (χ3v) is 5.70. The Labute approximate surface area is 161 Å². The van der Waals surface area contributed by atoms with Gasteiger partial charge in [0.25, 0.3) is 0 Å².